The fourth-order valence-electron chi connectivity index (χ4n) is 1.19. The molecular formula is C6H10F2N2O. The van der Waals surface area contributed by atoms with Crippen LogP contribution in [0.2, 0.25) is 0 Å². The molecule has 0 saturated carbocycles. The predicted octanol–water partition coefficient (Wildman–Crippen LogP) is 0.159. The Hall–Kier alpha value is -0.550. The van der Waals surface area contributed by atoms with Crippen molar-refractivity contribution in [2.45, 2.75) is 25.3 Å². The second-order valence-electron chi connectivity index (χ2n) is 2.59. The first-order chi connectivity index (χ1) is 5.13. The van der Waals surface area contributed by atoms with Gasteiger partial charge in [0.2, 0.25) is 0 Å². The second-order valence-corrected chi connectivity index (χ2v) is 2.59. The summed E-state index contributed by atoms with van der Waals surface area (Å²) in [4.78, 5) is 10.8. The number of halogens is 2. The molecule has 0 aromatic heterocycles. The van der Waals surface area contributed by atoms with Gasteiger partial charge < -0.3 is 0 Å². The molecule has 11 heavy (non-hydrogen) atoms. The van der Waals surface area contributed by atoms with Gasteiger partial charge in [-0.25, -0.2) is 13.8 Å². The molecule has 3 nitrogen and oxygen atoms in total. The molecule has 0 radical (unpaired) electrons. The van der Waals surface area contributed by atoms with Gasteiger partial charge in [0.15, 0.2) is 5.78 Å². The van der Waals surface area contributed by atoms with Gasteiger partial charge in [0, 0.05) is 13.0 Å². The molecule has 5 heteroatoms. The zero-order chi connectivity index (χ0) is 8.43. The molecule has 1 heterocycles. The first-order valence-electron chi connectivity index (χ1n) is 3.45. The van der Waals surface area contributed by atoms with Crippen LogP contribution >= 0.6 is 0 Å². The highest BCUT2D eigenvalue weighted by Gasteiger charge is 2.34. The van der Waals surface area contributed by atoms with Gasteiger partial charge in [0.05, 0.1) is 0 Å². The van der Waals surface area contributed by atoms with E-state index in [4.69, 9.17) is 5.84 Å². The lowest BCUT2D eigenvalue weighted by atomic mass is 10.0. The topological polar surface area (TPSA) is 46.3 Å². The second kappa shape index (κ2) is 3.23. The highest BCUT2D eigenvalue weighted by molar-refractivity contribution is 5.85. The van der Waals surface area contributed by atoms with Crippen molar-refractivity contribution < 1.29 is 13.6 Å². The van der Waals surface area contributed by atoms with Crippen molar-refractivity contribution in [1.29, 1.82) is 0 Å². The van der Waals surface area contributed by atoms with Crippen molar-refractivity contribution in [3.63, 3.8) is 0 Å². The average molecular weight is 164 g/mol. The number of ketones is 1. The molecule has 0 aromatic rings. The number of hydrogen-bond acceptors (Lipinski definition) is 3. The quantitative estimate of drug-likeness (QED) is 0.561. The summed E-state index contributed by atoms with van der Waals surface area (Å²) in [6, 6.07) is -1.37. The van der Waals surface area contributed by atoms with E-state index in [1.807, 2.05) is 0 Å². The Labute approximate surface area is 63.1 Å². The molecule has 0 aromatic carbocycles. The maximum Gasteiger partial charge on any atom is 0.262 e. The maximum atomic E-state index is 12.1. The van der Waals surface area contributed by atoms with Gasteiger partial charge in [0.1, 0.15) is 6.04 Å². The molecule has 1 rings (SSSR count). The van der Waals surface area contributed by atoms with Gasteiger partial charge in [-0.15, -0.1) is 0 Å². The van der Waals surface area contributed by atoms with Crippen LogP contribution < -0.4 is 5.84 Å². The zero-order valence-corrected chi connectivity index (χ0v) is 5.96. The molecule has 1 aliphatic rings. The summed E-state index contributed by atoms with van der Waals surface area (Å²) in [5.74, 6) is 4.75. The molecule has 0 amide bonds. The Morgan fingerprint density at radius 3 is 2.64 bits per heavy atom. The lowest BCUT2D eigenvalue weighted by molar-refractivity contribution is -0.133. The van der Waals surface area contributed by atoms with Crippen LogP contribution in [0.3, 0.4) is 0 Å². The van der Waals surface area contributed by atoms with E-state index in [0.29, 0.717) is 13.0 Å². The fourth-order valence-corrected chi connectivity index (χ4v) is 1.19. The van der Waals surface area contributed by atoms with Crippen molar-refractivity contribution in [2.24, 2.45) is 5.84 Å². The van der Waals surface area contributed by atoms with Gasteiger partial charge in [-0.1, -0.05) is 0 Å². The Bertz CT molecular complexity index is 163. The van der Waals surface area contributed by atoms with Crippen molar-refractivity contribution in [3.05, 3.63) is 0 Å². The number of nitrogens with zero attached hydrogens (tertiary/aromatic N) is 1. The van der Waals surface area contributed by atoms with E-state index in [2.05, 4.69) is 0 Å². The summed E-state index contributed by atoms with van der Waals surface area (Å²) in [6.07, 6.45) is -1.85. The molecule has 1 unspecified atom stereocenters. The minimum atomic E-state index is -2.66. The number of Topliss-reactive ketones (excluding diaryl/α,β-unsaturated/α-hetero) is 1. The Kier molecular flexibility index (Phi) is 2.51. The van der Waals surface area contributed by atoms with Crippen LogP contribution in [0.5, 0.6) is 0 Å². The van der Waals surface area contributed by atoms with Crippen molar-refractivity contribution in [2.75, 3.05) is 6.54 Å². The molecule has 1 saturated heterocycles. The Morgan fingerprint density at radius 2 is 2.27 bits per heavy atom. The van der Waals surface area contributed by atoms with E-state index >= 15 is 0 Å². The third-order valence-electron chi connectivity index (χ3n) is 1.77. The first kappa shape index (κ1) is 8.55. The molecule has 0 spiro atoms. The molecule has 1 atom stereocenters. The van der Waals surface area contributed by atoms with Gasteiger partial charge in [-0.2, -0.15) is 0 Å². The Morgan fingerprint density at radius 1 is 1.64 bits per heavy atom. The van der Waals surface area contributed by atoms with E-state index in [1.54, 1.807) is 0 Å². The minimum Gasteiger partial charge on any atom is -0.298 e. The number of alkyl halides is 2. The standard InChI is InChI=1S/C6H10F2N2O/c7-6(8)5-4(11)2-1-3-10(5)9/h5-6H,1-3,9H2. The molecular weight excluding hydrogens is 154 g/mol. The van der Waals surface area contributed by atoms with Gasteiger partial charge in [0.25, 0.3) is 6.43 Å². The Balaban J connectivity index is 2.63. The number of nitrogens with two attached hydrogens (primary N) is 1. The first-order valence-corrected chi connectivity index (χ1v) is 3.45. The summed E-state index contributed by atoms with van der Waals surface area (Å²) < 4.78 is 24.2. The van der Waals surface area contributed by atoms with Gasteiger partial charge in [-0.3, -0.25) is 10.6 Å². The normalized spacial score (nSPS) is 28.0. The van der Waals surface area contributed by atoms with Crippen molar-refractivity contribution in [3.8, 4) is 0 Å². The van der Waals surface area contributed by atoms with Crippen LogP contribution in [0.25, 0.3) is 0 Å². The third-order valence-corrected chi connectivity index (χ3v) is 1.77. The van der Waals surface area contributed by atoms with Crippen LogP contribution in [0.1, 0.15) is 12.8 Å². The number of hydrogen-bond donors (Lipinski definition) is 1. The molecule has 0 aliphatic carbocycles. The van der Waals surface area contributed by atoms with Crippen LogP contribution in [-0.4, -0.2) is 29.8 Å². The number of carbonyl (C=O) groups is 1. The monoisotopic (exact) mass is 164 g/mol. The third kappa shape index (κ3) is 1.72. The maximum absolute atomic E-state index is 12.1. The highest BCUT2D eigenvalue weighted by Crippen LogP contribution is 2.15. The van der Waals surface area contributed by atoms with E-state index < -0.39 is 18.3 Å². The van der Waals surface area contributed by atoms with Crippen LogP contribution in [-0.2, 0) is 4.79 Å². The number of hydrazine groups is 1. The summed E-state index contributed by atoms with van der Waals surface area (Å²) in [5.41, 5.74) is 0. The minimum absolute atomic E-state index is 0.225. The SMILES string of the molecule is NN1CCCC(=O)C1C(F)F. The van der Waals surface area contributed by atoms with Crippen molar-refractivity contribution in [1.82, 2.24) is 5.01 Å². The summed E-state index contributed by atoms with van der Waals surface area (Å²) in [6.45, 7) is 0.376. The van der Waals surface area contributed by atoms with Gasteiger partial charge in [-0.05, 0) is 6.42 Å². The number of piperidine rings is 1. The van der Waals surface area contributed by atoms with Crippen LogP contribution in [0.15, 0.2) is 0 Å². The number of carbonyl (C=O) groups excluding carboxylic acids is 1. The van der Waals surface area contributed by atoms with E-state index in [-0.39, 0.29) is 6.42 Å². The highest BCUT2D eigenvalue weighted by atomic mass is 19.3. The number of rotatable bonds is 1. The van der Waals surface area contributed by atoms with E-state index in [9.17, 15) is 13.6 Å². The summed E-state index contributed by atoms with van der Waals surface area (Å²) >= 11 is 0. The van der Waals surface area contributed by atoms with Crippen molar-refractivity contribution >= 4 is 5.78 Å². The lowest BCUT2D eigenvalue weighted by Gasteiger charge is -2.29. The van der Waals surface area contributed by atoms with E-state index in [0.717, 1.165) is 5.01 Å². The van der Waals surface area contributed by atoms with Gasteiger partial charge >= 0.3 is 0 Å². The predicted molar refractivity (Wildman–Crippen MR) is 34.9 cm³/mol. The lowest BCUT2D eigenvalue weighted by Crippen LogP contribution is -2.53. The summed E-state index contributed by atoms with van der Waals surface area (Å²) in [7, 11) is 0. The summed E-state index contributed by atoms with van der Waals surface area (Å²) in [5, 5.41) is 0.927. The average Bonchev–Trinajstić information content (AvgIpc) is 1.85. The molecule has 0 bridgehead atoms. The zero-order valence-electron chi connectivity index (χ0n) is 5.96. The van der Waals surface area contributed by atoms with Crippen LogP contribution in [0, 0.1) is 0 Å². The smallest absolute Gasteiger partial charge is 0.262 e. The van der Waals surface area contributed by atoms with E-state index in [1.165, 1.54) is 0 Å². The fraction of sp³-hybridized carbons (Fsp3) is 0.833. The molecule has 2 N–H and O–H groups in total. The molecule has 1 aliphatic heterocycles. The van der Waals surface area contributed by atoms with Crippen LogP contribution in [0.4, 0.5) is 8.78 Å². The largest absolute Gasteiger partial charge is 0.298 e. The molecule has 64 valence electrons. The molecule has 1 fully saturated rings.